The summed E-state index contributed by atoms with van der Waals surface area (Å²) in [4.78, 5) is 16.0. The van der Waals surface area contributed by atoms with Gasteiger partial charge in [-0.1, -0.05) is 6.07 Å². The summed E-state index contributed by atoms with van der Waals surface area (Å²) >= 11 is 3.23. The fraction of sp³-hybridized carbons (Fsp3) is 0.143. The van der Waals surface area contributed by atoms with Crippen LogP contribution in [0.2, 0.25) is 0 Å². The maximum atomic E-state index is 13.0. The van der Waals surface area contributed by atoms with Crippen molar-refractivity contribution >= 4 is 27.5 Å². The summed E-state index contributed by atoms with van der Waals surface area (Å²) < 4.78 is 26.5. The lowest BCUT2D eigenvalue weighted by Crippen LogP contribution is -2.15. The van der Waals surface area contributed by atoms with Crippen molar-refractivity contribution in [2.75, 3.05) is 5.32 Å². The molecule has 1 N–H and O–H groups in total. The van der Waals surface area contributed by atoms with Gasteiger partial charge in [-0.05, 0) is 52.7 Å². The molecular weight excluding hydrogens is 330 g/mol. The fourth-order valence-corrected chi connectivity index (χ4v) is 2.09. The van der Waals surface area contributed by atoms with E-state index in [1.807, 2.05) is 0 Å². The zero-order valence-corrected chi connectivity index (χ0v) is 12.2. The van der Waals surface area contributed by atoms with Crippen LogP contribution in [-0.2, 0) is 11.2 Å². The van der Waals surface area contributed by atoms with Crippen LogP contribution in [0.4, 0.5) is 14.5 Å². The van der Waals surface area contributed by atoms with Crippen molar-refractivity contribution in [1.29, 1.82) is 0 Å². The molecule has 0 radical (unpaired) electrons. The molecule has 0 aliphatic carbocycles. The zero-order valence-electron chi connectivity index (χ0n) is 10.6. The number of carbonyl (C=O) groups excluding carboxylic acids is 1. The number of aryl methyl sites for hydroxylation is 1. The number of benzene rings is 1. The van der Waals surface area contributed by atoms with Crippen LogP contribution in [0.25, 0.3) is 0 Å². The predicted molar refractivity (Wildman–Crippen MR) is 75.4 cm³/mol. The van der Waals surface area contributed by atoms with E-state index in [9.17, 15) is 13.6 Å². The topological polar surface area (TPSA) is 42.0 Å². The van der Waals surface area contributed by atoms with Gasteiger partial charge in [-0.3, -0.25) is 4.79 Å². The Labute approximate surface area is 123 Å². The first-order valence-electron chi connectivity index (χ1n) is 5.82. The van der Waals surface area contributed by atoms with Crippen LogP contribution >= 0.6 is 15.9 Å². The standard InChI is InChI=1S/C14H11BrF2N2O/c1-8-12(4-5-13(15)18-8)19-14(20)7-9-2-3-10(16)11(17)6-9/h2-6H,7H2,1H3,(H,19,20). The molecule has 0 saturated carbocycles. The minimum atomic E-state index is -0.961. The Hall–Kier alpha value is -1.82. The van der Waals surface area contributed by atoms with Crippen LogP contribution in [0, 0.1) is 18.6 Å². The van der Waals surface area contributed by atoms with Gasteiger partial charge in [0.2, 0.25) is 5.91 Å². The second-order valence-electron chi connectivity index (χ2n) is 4.24. The smallest absolute Gasteiger partial charge is 0.228 e. The van der Waals surface area contributed by atoms with Gasteiger partial charge in [0.05, 0.1) is 17.8 Å². The molecule has 0 fully saturated rings. The summed E-state index contributed by atoms with van der Waals surface area (Å²) in [6.45, 7) is 1.76. The third kappa shape index (κ3) is 3.60. The van der Waals surface area contributed by atoms with Crippen LogP contribution in [0.3, 0.4) is 0 Å². The van der Waals surface area contributed by atoms with E-state index in [0.29, 0.717) is 21.5 Å². The van der Waals surface area contributed by atoms with E-state index in [-0.39, 0.29) is 12.3 Å². The van der Waals surface area contributed by atoms with E-state index in [0.717, 1.165) is 12.1 Å². The van der Waals surface area contributed by atoms with E-state index < -0.39 is 11.6 Å². The Kier molecular flexibility index (Phi) is 4.44. The second kappa shape index (κ2) is 6.09. The molecule has 6 heteroatoms. The number of hydrogen-bond acceptors (Lipinski definition) is 2. The molecule has 3 nitrogen and oxygen atoms in total. The van der Waals surface area contributed by atoms with Crippen LogP contribution in [0.15, 0.2) is 34.9 Å². The number of halogens is 3. The maximum Gasteiger partial charge on any atom is 0.228 e. The molecule has 104 valence electrons. The molecule has 0 spiro atoms. The first-order chi connectivity index (χ1) is 9.45. The molecule has 0 saturated heterocycles. The monoisotopic (exact) mass is 340 g/mol. The average Bonchev–Trinajstić information content (AvgIpc) is 2.37. The molecule has 0 aliphatic rings. The molecule has 1 aromatic heterocycles. The van der Waals surface area contributed by atoms with Gasteiger partial charge in [-0.2, -0.15) is 0 Å². The van der Waals surface area contributed by atoms with Crippen molar-refractivity contribution in [1.82, 2.24) is 4.98 Å². The van der Waals surface area contributed by atoms with Crippen molar-refractivity contribution in [3.63, 3.8) is 0 Å². The molecule has 0 unspecified atom stereocenters. The Balaban J connectivity index is 2.07. The van der Waals surface area contributed by atoms with Gasteiger partial charge in [-0.25, -0.2) is 13.8 Å². The lowest BCUT2D eigenvalue weighted by molar-refractivity contribution is -0.115. The highest BCUT2D eigenvalue weighted by atomic mass is 79.9. The summed E-state index contributed by atoms with van der Waals surface area (Å²) in [5, 5.41) is 2.68. The first kappa shape index (κ1) is 14.6. The maximum absolute atomic E-state index is 13.0. The van der Waals surface area contributed by atoms with E-state index in [1.165, 1.54) is 6.07 Å². The number of nitrogens with one attached hydrogen (secondary N) is 1. The van der Waals surface area contributed by atoms with Gasteiger partial charge < -0.3 is 5.32 Å². The largest absolute Gasteiger partial charge is 0.324 e. The minimum Gasteiger partial charge on any atom is -0.324 e. The Bertz CT molecular complexity index is 662. The number of nitrogens with zero attached hydrogens (tertiary/aromatic N) is 1. The third-order valence-electron chi connectivity index (χ3n) is 2.67. The molecule has 2 rings (SSSR count). The number of anilines is 1. The summed E-state index contributed by atoms with van der Waals surface area (Å²) in [6.07, 6.45) is -0.0350. The Morgan fingerprint density at radius 3 is 2.65 bits per heavy atom. The highest BCUT2D eigenvalue weighted by Crippen LogP contribution is 2.17. The van der Waals surface area contributed by atoms with Gasteiger partial charge in [0.25, 0.3) is 0 Å². The van der Waals surface area contributed by atoms with Gasteiger partial charge in [0, 0.05) is 0 Å². The van der Waals surface area contributed by atoms with Crippen molar-refractivity contribution in [3.05, 3.63) is 57.8 Å². The van der Waals surface area contributed by atoms with Crippen LogP contribution in [0.5, 0.6) is 0 Å². The van der Waals surface area contributed by atoms with Crippen molar-refractivity contribution < 1.29 is 13.6 Å². The molecule has 20 heavy (non-hydrogen) atoms. The number of aromatic nitrogens is 1. The van der Waals surface area contributed by atoms with Gasteiger partial charge >= 0.3 is 0 Å². The number of hydrogen-bond donors (Lipinski definition) is 1. The highest BCUT2D eigenvalue weighted by Gasteiger charge is 2.09. The molecule has 1 heterocycles. The predicted octanol–water partition coefficient (Wildman–Crippen LogP) is 3.61. The van der Waals surface area contributed by atoms with Crippen molar-refractivity contribution in [2.45, 2.75) is 13.3 Å². The fourth-order valence-electron chi connectivity index (χ4n) is 1.69. The zero-order chi connectivity index (χ0) is 14.7. The van der Waals surface area contributed by atoms with E-state index in [1.54, 1.807) is 19.1 Å². The summed E-state index contributed by atoms with van der Waals surface area (Å²) in [5.41, 5.74) is 1.66. The lowest BCUT2D eigenvalue weighted by Gasteiger charge is -2.08. The molecule has 2 aromatic rings. The second-order valence-corrected chi connectivity index (χ2v) is 5.05. The van der Waals surface area contributed by atoms with Crippen LogP contribution < -0.4 is 5.32 Å². The minimum absolute atomic E-state index is 0.0350. The molecule has 0 atom stereocenters. The third-order valence-corrected chi connectivity index (χ3v) is 3.12. The number of rotatable bonds is 3. The quantitative estimate of drug-likeness (QED) is 0.867. The first-order valence-corrected chi connectivity index (χ1v) is 6.62. The van der Waals surface area contributed by atoms with Crippen LogP contribution in [0.1, 0.15) is 11.3 Å². The number of carbonyl (C=O) groups is 1. The van der Waals surface area contributed by atoms with E-state index >= 15 is 0 Å². The van der Waals surface area contributed by atoms with Crippen LogP contribution in [-0.4, -0.2) is 10.9 Å². The molecule has 0 aliphatic heterocycles. The molecular formula is C14H11BrF2N2O. The lowest BCUT2D eigenvalue weighted by atomic mass is 10.1. The normalized spacial score (nSPS) is 10.4. The van der Waals surface area contributed by atoms with Gasteiger partial charge in [0.1, 0.15) is 4.60 Å². The summed E-state index contributed by atoms with van der Waals surface area (Å²) in [7, 11) is 0. The van der Waals surface area contributed by atoms with E-state index in [4.69, 9.17) is 0 Å². The molecule has 1 amide bonds. The highest BCUT2D eigenvalue weighted by molar-refractivity contribution is 9.10. The molecule has 1 aromatic carbocycles. The molecule has 0 bridgehead atoms. The SMILES string of the molecule is Cc1nc(Br)ccc1NC(=O)Cc1ccc(F)c(F)c1. The van der Waals surface area contributed by atoms with E-state index in [2.05, 4.69) is 26.2 Å². The van der Waals surface area contributed by atoms with Crippen molar-refractivity contribution in [2.24, 2.45) is 0 Å². The summed E-state index contributed by atoms with van der Waals surface area (Å²) in [6, 6.07) is 6.83. The summed E-state index contributed by atoms with van der Waals surface area (Å²) in [5.74, 6) is -2.21. The van der Waals surface area contributed by atoms with Crippen molar-refractivity contribution in [3.8, 4) is 0 Å². The average molecular weight is 341 g/mol. The number of amides is 1. The Morgan fingerprint density at radius 1 is 1.25 bits per heavy atom. The number of pyridine rings is 1. The van der Waals surface area contributed by atoms with Gasteiger partial charge in [0.15, 0.2) is 11.6 Å². The Morgan fingerprint density at radius 2 is 2.00 bits per heavy atom. The van der Waals surface area contributed by atoms with Gasteiger partial charge in [-0.15, -0.1) is 0 Å².